The van der Waals surface area contributed by atoms with Gasteiger partial charge in [-0.2, -0.15) is 0 Å². The quantitative estimate of drug-likeness (QED) is 0.713. The van der Waals surface area contributed by atoms with Crippen molar-refractivity contribution >= 4 is 35.1 Å². The van der Waals surface area contributed by atoms with E-state index >= 15 is 0 Å². The molecule has 0 aliphatic heterocycles. The number of hydrogen-bond acceptors (Lipinski definition) is 3. The van der Waals surface area contributed by atoms with Gasteiger partial charge in [0, 0.05) is 12.1 Å². The van der Waals surface area contributed by atoms with E-state index in [2.05, 4.69) is 10.6 Å². The van der Waals surface area contributed by atoms with Crippen LogP contribution in [0.15, 0.2) is 18.2 Å². The predicted octanol–water partition coefficient (Wildman–Crippen LogP) is 3.70. The van der Waals surface area contributed by atoms with Crippen LogP contribution < -0.4 is 10.6 Å². The molecule has 138 valence electrons. The van der Waals surface area contributed by atoms with Crippen LogP contribution >= 0.6 is 11.6 Å². The van der Waals surface area contributed by atoms with Crippen molar-refractivity contribution in [2.75, 3.05) is 5.32 Å². The van der Waals surface area contributed by atoms with Crippen molar-refractivity contribution in [3.8, 4) is 0 Å². The Bertz CT molecular complexity index is 682. The largest absolute Gasteiger partial charge is 0.480 e. The Hall–Kier alpha value is -2.08. The van der Waals surface area contributed by atoms with Crippen molar-refractivity contribution in [3.63, 3.8) is 0 Å². The van der Waals surface area contributed by atoms with Crippen LogP contribution in [0.4, 0.5) is 5.69 Å². The monoisotopic (exact) mass is 368 g/mol. The lowest BCUT2D eigenvalue weighted by Gasteiger charge is -2.25. The van der Waals surface area contributed by atoms with E-state index in [1.165, 1.54) is 19.1 Å². The number of rotatable bonds is 6. The van der Waals surface area contributed by atoms with Gasteiger partial charge in [-0.1, -0.05) is 39.3 Å². The average Bonchev–Trinajstić information content (AvgIpc) is 2.46. The Morgan fingerprint density at radius 1 is 1.16 bits per heavy atom. The Balaban J connectivity index is 3.00. The van der Waals surface area contributed by atoms with Crippen molar-refractivity contribution in [2.24, 2.45) is 5.41 Å². The van der Waals surface area contributed by atoms with Crippen LogP contribution in [0.3, 0.4) is 0 Å². The molecule has 0 spiro atoms. The highest BCUT2D eigenvalue weighted by Gasteiger charge is 2.33. The molecule has 0 radical (unpaired) electrons. The maximum atomic E-state index is 12.4. The minimum Gasteiger partial charge on any atom is -0.480 e. The Morgan fingerprint density at radius 2 is 1.76 bits per heavy atom. The zero-order valence-electron chi connectivity index (χ0n) is 15.2. The number of carboxylic acids is 1. The second kappa shape index (κ2) is 7.87. The van der Waals surface area contributed by atoms with Crippen LogP contribution in [0.2, 0.25) is 5.02 Å². The summed E-state index contributed by atoms with van der Waals surface area (Å²) in [6.07, 6.45) is 0.539. The van der Waals surface area contributed by atoms with Gasteiger partial charge in [-0.25, -0.2) is 4.79 Å². The normalized spacial score (nSPS) is 13.7. The average molecular weight is 369 g/mol. The molecule has 0 heterocycles. The lowest BCUT2D eigenvalue weighted by Crippen LogP contribution is -2.51. The summed E-state index contributed by atoms with van der Waals surface area (Å²) in [5.41, 5.74) is -1.03. The van der Waals surface area contributed by atoms with Crippen molar-refractivity contribution in [2.45, 2.75) is 53.0 Å². The molecule has 1 aromatic carbocycles. The molecule has 1 aromatic rings. The third-order valence-electron chi connectivity index (χ3n) is 3.75. The minimum atomic E-state index is -1.40. The molecule has 6 nitrogen and oxygen atoms in total. The van der Waals surface area contributed by atoms with E-state index in [1.807, 2.05) is 20.8 Å². The van der Waals surface area contributed by atoms with E-state index in [0.717, 1.165) is 0 Å². The summed E-state index contributed by atoms with van der Waals surface area (Å²) in [6, 6.07) is 4.53. The molecule has 1 rings (SSSR count). The minimum absolute atomic E-state index is 0.108. The Morgan fingerprint density at radius 3 is 2.24 bits per heavy atom. The lowest BCUT2D eigenvalue weighted by atomic mass is 9.92. The summed E-state index contributed by atoms with van der Waals surface area (Å²) in [6.45, 7) is 8.94. The first kappa shape index (κ1) is 21.0. The molecule has 3 N–H and O–H groups in total. The number of carbonyl (C=O) groups is 3. The molecule has 0 fully saturated rings. The van der Waals surface area contributed by atoms with Crippen LogP contribution in [0.25, 0.3) is 0 Å². The summed E-state index contributed by atoms with van der Waals surface area (Å²) in [4.78, 5) is 35.8. The molecule has 0 bridgehead atoms. The summed E-state index contributed by atoms with van der Waals surface area (Å²) in [5.74, 6) is -1.91. The maximum Gasteiger partial charge on any atom is 0.329 e. The van der Waals surface area contributed by atoms with Gasteiger partial charge in [0.05, 0.1) is 10.6 Å². The van der Waals surface area contributed by atoms with Gasteiger partial charge in [0.15, 0.2) is 0 Å². The molecule has 0 aromatic heterocycles. The fourth-order valence-corrected chi connectivity index (χ4v) is 2.28. The number of anilines is 1. The van der Waals surface area contributed by atoms with E-state index in [-0.39, 0.29) is 28.3 Å². The number of aliphatic carboxylic acids is 1. The summed E-state index contributed by atoms with van der Waals surface area (Å²) in [5, 5.41) is 14.7. The molecule has 0 aliphatic rings. The summed E-state index contributed by atoms with van der Waals surface area (Å²) < 4.78 is 0. The third kappa shape index (κ3) is 6.05. The SMILES string of the molecule is CCC(C)(NC(=O)c1cc(NC(=O)CC(C)(C)C)ccc1Cl)C(=O)O. The van der Waals surface area contributed by atoms with E-state index in [1.54, 1.807) is 13.0 Å². The van der Waals surface area contributed by atoms with Crippen LogP contribution in [0, 0.1) is 5.41 Å². The maximum absolute atomic E-state index is 12.4. The first-order chi connectivity index (χ1) is 11.4. The second-order valence-corrected chi connectivity index (χ2v) is 7.83. The van der Waals surface area contributed by atoms with E-state index < -0.39 is 17.4 Å². The molecule has 1 unspecified atom stereocenters. The first-order valence-corrected chi connectivity index (χ1v) is 8.41. The van der Waals surface area contributed by atoms with Crippen molar-refractivity contribution in [1.29, 1.82) is 0 Å². The van der Waals surface area contributed by atoms with Gasteiger partial charge in [0.1, 0.15) is 5.54 Å². The molecule has 7 heteroatoms. The van der Waals surface area contributed by atoms with Gasteiger partial charge >= 0.3 is 5.97 Å². The van der Waals surface area contributed by atoms with Crippen LogP contribution in [0.1, 0.15) is 57.8 Å². The molecule has 2 amide bonds. The molecular formula is C18H25ClN2O4. The number of nitrogens with one attached hydrogen (secondary N) is 2. The highest BCUT2D eigenvalue weighted by molar-refractivity contribution is 6.34. The van der Waals surface area contributed by atoms with Crippen molar-refractivity contribution in [3.05, 3.63) is 28.8 Å². The lowest BCUT2D eigenvalue weighted by molar-refractivity contribution is -0.143. The molecule has 1 atom stereocenters. The van der Waals surface area contributed by atoms with Crippen LogP contribution in [-0.4, -0.2) is 28.4 Å². The van der Waals surface area contributed by atoms with Gasteiger partial charge in [-0.05, 0) is 37.0 Å². The number of carboxylic acid groups (broad SMARTS) is 1. The van der Waals surface area contributed by atoms with Gasteiger partial charge in [0.2, 0.25) is 5.91 Å². The van der Waals surface area contributed by atoms with Crippen LogP contribution in [-0.2, 0) is 9.59 Å². The van der Waals surface area contributed by atoms with Crippen molar-refractivity contribution < 1.29 is 19.5 Å². The van der Waals surface area contributed by atoms with E-state index in [4.69, 9.17) is 11.6 Å². The molecule has 0 saturated carbocycles. The highest BCUT2D eigenvalue weighted by atomic mass is 35.5. The van der Waals surface area contributed by atoms with Gasteiger partial charge in [-0.3, -0.25) is 9.59 Å². The fourth-order valence-electron chi connectivity index (χ4n) is 2.07. The van der Waals surface area contributed by atoms with Gasteiger partial charge < -0.3 is 15.7 Å². The zero-order chi connectivity index (χ0) is 19.4. The number of hydrogen-bond donors (Lipinski definition) is 3. The third-order valence-corrected chi connectivity index (χ3v) is 4.08. The predicted molar refractivity (Wildman–Crippen MR) is 98.0 cm³/mol. The van der Waals surface area contributed by atoms with Crippen LogP contribution in [0.5, 0.6) is 0 Å². The Labute approximate surface area is 152 Å². The molecule has 0 saturated heterocycles. The number of carbonyl (C=O) groups excluding carboxylic acids is 2. The highest BCUT2D eigenvalue weighted by Crippen LogP contribution is 2.24. The smallest absolute Gasteiger partial charge is 0.329 e. The molecular weight excluding hydrogens is 344 g/mol. The molecule has 25 heavy (non-hydrogen) atoms. The van der Waals surface area contributed by atoms with E-state index in [9.17, 15) is 19.5 Å². The molecule has 0 aliphatic carbocycles. The van der Waals surface area contributed by atoms with Gasteiger partial charge in [0.25, 0.3) is 5.91 Å². The standard InChI is InChI=1S/C18H25ClN2O4/c1-6-18(5,16(24)25)21-15(23)12-9-11(7-8-13(12)19)20-14(22)10-17(2,3)4/h7-9H,6,10H2,1-5H3,(H,20,22)(H,21,23)(H,24,25). The topological polar surface area (TPSA) is 95.5 Å². The van der Waals surface area contributed by atoms with E-state index in [0.29, 0.717) is 12.1 Å². The zero-order valence-corrected chi connectivity index (χ0v) is 16.0. The summed E-state index contributed by atoms with van der Waals surface area (Å²) in [7, 11) is 0. The number of halogens is 1. The second-order valence-electron chi connectivity index (χ2n) is 7.43. The first-order valence-electron chi connectivity index (χ1n) is 8.03. The fraction of sp³-hybridized carbons (Fsp3) is 0.500. The summed E-state index contributed by atoms with van der Waals surface area (Å²) >= 11 is 6.06. The number of amides is 2. The number of benzene rings is 1. The Kier molecular flexibility index (Phi) is 6.60. The van der Waals surface area contributed by atoms with Gasteiger partial charge in [-0.15, -0.1) is 0 Å². The van der Waals surface area contributed by atoms with Crippen molar-refractivity contribution in [1.82, 2.24) is 5.32 Å².